The van der Waals surface area contributed by atoms with Crippen LogP contribution in [0.2, 0.25) is 0 Å². The van der Waals surface area contributed by atoms with Gasteiger partial charge in [-0.1, -0.05) is 0 Å². The van der Waals surface area contributed by atoms with E-state index in [4.69, 9.17) is 5.73 Å². The van der Waals surface area contributed by atoms with E-state index in [1.165, 1.54) is 0 Å². The molecule has 2 atom stereocenters. The predicted molar refractivity (Wildman–Crippen MR) is 79.8 cm³/mol. The Morgan fingerprint density at radius 2 is 2.33 bits per heavy atom. The Morgan fingerprint density at radius 3 is 2.83 bits per heavy atom. The van der Waals surface area contributed by atoms with Crippen molar-refractivity contribution in [1.82, 2.24) is 0 Å². The molecule has 0 aliphatic carbocycles. The fourth-order valence-electron chi connectivity index (χ4n) is 2.49. The number of anilines is 1. The van der Waals surface area contributed by atoms with Crippen LogP contribution >= 0.6 is 22.6 Å². The van der Waals surface area contributed by atoms with Gasteiger partial charge >= 0.3 is 0 Å². The number of nitro groups is 1. The summed E-state index contributed by atoms with van der Waals surface area (Å²) in [6.45, 7) is 3.81. The van der Waals surface area contributed by atoms with Crippen molar-refractivity contribution in [3.63, 3.8) is 0 Å². The molecule has 5 nitrogen and oxygen atoms in total. The Balaban J connectivity index is 2.26. The van der Waals surface area contributed by atoms with E-state index >= 15 is 0 Å². The maximum Gasteiger partial charge on any atom is 0.270 e. The van der Waals surface area contributed by atoms with Gasteiger partial charge in [0, 0.05) is 28.3 Å². The van der Waals surface area contributed by atoms with Crippen LogP contribution < -0.4 is 10.6 Å². The Kier molecular flexibility index (Phi) is 4.06. The van der Waals surface area contributed by atoms with E-state index in [1.54, 1.807) is 12.1 Å². The number of benzene rings is 1. The summed E-state index contributed by atoms with van der Waals surface area (Å²) in [4.78, 5) is 12.7. The Bertz CT molecular complexity index is 467. The molecule has 0 amide bonds. The molecule has 0 saturated carbocycles. The summed E-state index contributed by atoms with van der Waals surface area (Å²) in [7, 11) is 0. The maximum absolute atomic E-state index is 10.7. The fraction of sp³-hybridized carbons (Fsp3) is 0.500. The van der Waals surface area contributed by atoms with Crippen molar-refractivity contribution < 1.29 is 4.92 Å². The SMILES string of the molecule is CC1CC(CN)CN1c1ccc([N+](=O)[O-])cc1I. The highest BCUT2D eigenvalue weighted by Gasteiger charge is 2.29. The first-order chi connectivity index (χ1) is 8.52. The van der Waals surface area contributed by atoms with Crippen LogP contribution in [0.1, 0.15) is 13.3 Å². The van der Waals surface area contributed by atoms with E-state index in [2.05, 4.69) is 34.4 Å². The molecule has 98 valence electrons. The molecule has 2 rings (SSSR count). The van der Waals surface area contributed by atoms with Gasteiger partial charge in [-0.25, -0.2) is 0 Å². The van der Waals surface area contributed by atoms with Gasteiger partial charge in [0.05, 0.1) is 10.6 Å². The van der Waals surface area contributed by atoms with Gasteiger partial charge in [-0.15, -0.1) is 0 Å². The highest BCUT2D eigenvalue weighted by molar-refractivity contribution is 14.1. The first-order valence-electron chi connectivity index (χ1n) is 5.93. The molecule has 1 heterocycles. The lowest BCUT2D eigenvalue weighted by Gasteiger charge is -2.25. The van der Waals surface area contributed by atoms with Crippen molar-refractivity contribution >= 4 is 34.0 Å². The summed E-state index contributed by atoms with van der Waals surface area (Å²) < 4.78 is 0.923. The topological polar surface area (TPSA) is 72.4 Å². The minimum atomic E-state index is -0.359. The average molecular weight is 361 g/mol. The van der Waals surface area contributed by atoms with Crippen LogP contribution in [0.5, 0.6) is 0 Å². The van der Waals surface area contributed by atoms with Gasteiger partial charge in [-0.2, -0.15) is 0 Å². The van der Waals surface area contributed by atoms with Crippen molar-refractivity contribution in [2.75, 3.05) is 18.0 Å². The van der Waals surface area contributed by atoms with E-state index in [-0.39, 0.29) is 10.6 Å². The molecule has 2 unspecified atom stereocenters. The van der Waals surface area contributed by atoms with Crippen molar-refractivity contribution in [2.45, 2.75) is 19.4 Å². The Labute approximate surface area is 120 Å². The fourth-order valence-corrected chi connectivity index (χ4v) is 3.30. The highest BCUT2D eigenvalue weighted by Crippen LogP contribution is 2.33. The molecular formula is C12H16IN3O2. The third kappa shape index (κ3) is 2.59. The molecule has 6 heteroatoms. The lowest BCUT2D eigenvalue weighted by atomic mass is 10.1. The summed E-state index contributed by atoms with van der Waals surface area (Å²) in [5.74, 6) is 0.519. The van der Waals surface area contributed by atoms with Gasteiger partial charge in [0.15, 0.2) is 0 Å². The second-order valence-corrected chi connectivity index (χ2v) is 5.89. The monoisotopic (exact) mass is 361 g/mol. The van der Waals surface area contributed by atoms with E-state index in [0.717, 1.165) is 22.2 Å². The zero-order chi connectivity index (χ0) is 13.3. The third-order valence-electron chi connectivity index (χ3n) is 3.45. The third-order valence-corrected chi connectivity index (χ3v) is 4.31. The van der Waals surface area contributed by atoms with Crippen molar-refractivity contribution in [1.29, 1.82) is 0 Å². The number of nitro benzene ring substituents is 1. The van der Waals surface area contributed by atoms with E-state index in [0.29, 0.717) is 18.5 Å². The van der Waals surface area contributed by atoms with Gasteiger partial charge in [0.1, 0.15) is 0 Å². The molecule has 1 aliphatic rings. The Morgan fingerprint density at radius 1 is 1.61 bits per heavy atom. The lowest BCUT2D eigenvalue weighted by molar-refractivity contribution is -0.384. The number of rotatable bonds is 3. The van der Waals surface area contributed by atoms with Gasteiger partial charge in [-0.3, -0.25) is 10.1 Å². The molecule has 0 radical (unpaired) electrons. The van der Waals surface area contributed by atoms with Gasteiger partial charge in [0.25, 0.3) is 5.69 Å². The van der Waals surface area contributed by atoms with Crippen molar-refractivity contribution in [2.24, 2.45) is 11.7 Å². The van der Waals surface area contributed by atoms with Crippen molar-refractivity contribution in [3.8, 4) is 0 Å². The molecule has 1 saturated heterocycles. The van der Waals surface area contributed by atoms with E-state index < -0.39 is 0 Å². The zero-order valence-electron chi connectivity index (χ0n) is 10.2. The van der Waals surface area contributed by atoms with E-state index in [9.17, 15) is 10.1 Å². The van der Waals surface area contributed by atoms with Crippen LogP contribution in [0.25, 0.3) is 0 Å². The molecule has 1 fully saturated rings. The molecule has 1 aliphatic heterocycles. The van der Waals surface area contributed by atoms with Gasteiger partial charge < -0.3 is 10.6 Å². The van der Waals surface area contributed by atoms with Crippen molar-refractivity contribution in [3.05, 3.63) is 31.9 Å². The highest BCUT2D eigenvalue weighted by atomic mass is 127. The van der Waals surface area contributed by atoms with Crippen LogP contribution in [0.3, 0.4) is 0 Å². The minimum Gasteiger partial charge on any atom is -0.368 e. The summed E-state index contributed by atoms with van der Waals surface area (Å²) in [5.41, 5.74) is 6.94. The first kappa shape index (κ1) is 13.5. The van der Waals surface area contributed by atoms with E-state index in [1.807, 2.05) is 6.07 Å². The molecule has 1 aromatic rings. The molecule has 0 spiro atoms. The van der Waals surface area contributed by atoms with Crippen LogP contribution in [0, 0.1) is 19.6 Å². The minimum absolute atomic E-state index is 0.144. The normalized spacial score (nSPS) is 23.4. The smallest absolute Gasteiger partial charge is 0.270 e. The molecule has 2 N–H and O–H groups in total. The largest absolute Gasteiger partial charge is 0.368 e. The van der Waals surface area contributed by atoms with Crippen LogP contribution in [0.4, 0.5) is 11.4 Å². The van der Waals surface area contributed by atoms with Gasteiger partial charge in [0.2, 0.25) is 0 Å². The number of nitrogens with two attached hydrogens (primary N) is 1. The second-order valence-electron chi connectivity index (χ2n) is 4.73. The number of nitrogens with zero attached hydrogens (tertiary/aromatic N) is 2. The molecule has 0 bridgehead atoms. The maximum atomic E-state index is 10.7. The number of non-ortho nitro benzene ring substituents is 1. The molecule has 0 aromatic heterocycles. The number of hydrogen-bond donors (Lipinski definition) is 1. The molecule has 18 heavy (non-hydrogen) atoms. The van der Waals surface area contributed by atoms with Crippen LogP contribution in [0.15, 0.2) is 18.2 Å². The predicted octanol–water partition coefficient (Wildman–Crippen LogP) is 2.37. The Hall–Kier alpha value is -0.890. The average Bonchev–Trinajstić information content (AvgIpc) is 2.70. The van der Waals surface area contributed by atoms with Crippen LogP contribution in [-0.4, -0.2) is 24.1 Å². The zero-order valence-corrected chi connectivity index (χ0v) is 12.3. The molecular weight excluding hydrogens is 345 g/mol. The quantitative estimate of drug-likeness (QED) is 0.510. The summed E-state index contributed by atoms with van der Waals surface area (Å²) >= 11 is 2.16. The number of halogens is 1. The standard InChI is InChI=1S/C12H16IN3O2/c1-8-4-9(6-14)7-15(8)12-3-2-10(16(17)18)5-11(12)13/h2-3,5,8-9H,4,6-7,14H2,1H3. The molecule has 1 aromatic carbocycles. The summed E-state index contributed by atoms with van der Waals surface area (Å²) in [6, 6.07) is 5.47. The summed E-state index contributed by atoms with van der Waals surface area (Å²) in [6.07, 6.45) is 1.09. The van der Waals surface area contributed by atoms with Gasteiger partial charge in [-0.05, 0) is 54.5 Å². The first-order valence-corrected chi connectivity index (χ1v) is 7.01. The van der Waals surface area contributed by atoms with Crippen LogP contribution in [-0.2, 0) is 0 Å². The second kappa shape index (κ2) is 5.40. The summed E-state index contributed by atoms with van der Waals surface area (Å²) in [5, 5.41) is 10.7. The lowest BCUT2D eigenvalue weighted by Crippen LogP contribution is -2.28. The number of hydrogen-bond acceptors (Lipinski definition) is 4.